The van der Waals surface area contributed by atoms with Crippen molar-refractivity contribution >= 4 is 11.6 Å². The summed E-state index contributed by atoms with van der Waals surface area (Å²) in [6.45, 7) is 2.54. The molecule has 34 heavy (non-hydrogen) atoms. The summed E-state index contributed by atoms with van der Waals surface area (Å²) in [5.41, 5.74) is 4.16. The van der Waals surface area contributed by atoms with Crippen molar-refractivity contribution in [1.82, 2.24) is 14.7 Å². The number of carbonyl (C=O) groups is 1. The van der Waals surface area contributed by atoms with E-state index in [2.05, 4.69) is 5.32 Å². The third-order valence-electron chi connectivity index (χ3n) is 6.62. The van der Waals surface area contributed by atoms with Crippen molar-refractivity contribution in [3.05, 3.63) is 59.8 Å². The summed E-state index contributed by atoms with van der Waals surface area (Å²) in [6.07, 6.45) is 4.49. The minimum absolute atomic E-state index is 0.00307. The van der Waals surface area contributed by atoms with Crippen LogP contribution >= 0.6 is 0 Å². The number of amides is 1. The molecule has 0 spiro atoms. The molecule has 8 nitrogen and oxygen atoms in total. The van der Waals surface area contributed by atoms with Crippen LogP contribution in [0.1, 0.15) is 41.3 Å². The van der Waals surface area contributed by atoms with Crippen LogP contribution in [0.15, 0.2) is 48.7 Å². The molecule has 6 rings (SSSR count). The molecular formula is C26H28N4O4. The highest BCUT2D eigenvalue weighted by atomic mass is 16.5. The van der Waals surface area contributed by atoms with Crippen molar-refractivity contribution in [3.8, 4) is 22.8 Å². The van der Waals surface area contributed by atoms with Crippen molar-refractivity contribution in [1.29, 1.82) is 0 Å². The molecule has 1 aromatic heterocycles. The molecule has 1 N–H and O–H groups in total. The number of para-hydroxylation sites is 1. The lowest BCUT2D eigenvalue weighted by atomic mass is 10.00. The smallest absolute Gasteiger partial charge is 0.257 e. The Morgan fingerprint density at radius 3 is 2.76 bits per heavy atom. The van der Waals surface area contributed by atoms with Crippen molar-refractivity contribution in [2.24, 2.45) is 7.05 Å². The highest BCUT2D eigenvalue weighted by molar-refractivity contribution is 6.02. The largest absolute Gasteiger partial charge is 0.490 e. The fourth-order valence-electron chi connectivity index (χ4n) is 4.98. The molecule has 8 heteroatoms. The van der Waals surface area contributed by atoms with E-state index in [0.29, 0.717) is 25.3 Å². The van der Waals surface area contributed by atoms with Crippen LogP contribution in [0.3, 0.4) is 0 Å². The normalized spacial score (nSPS) is 21.7. The molecule has 4 heterocycles. The Morgan fingerprint density at radius 2 is 1.91 bits per heavy atom. The number of nitrogens with one attached hydrogen (secondary N) is 1. The van der Waals surface area contributed by atoms with Gasteiger partial charge in [-0.2, -0.15) is 5.10 Å². The Bertz CT molecular complexity index is 1220. The van der Waals surface area contributed by atoms with Gasteiger partial charge in [0, 0.05) is 49.6 Å². The lowest BCUT2D eigenvalue weighted by Gasteiger charge is -2.39. The quantitative estimate of drug-likeness (QED) is 0.634. The summed E-state index contributed by atoms with van der Waals surface area (Å²) in [6, 6.07) is 13.6. The van der Waals surface area contributed by atoms with Crippen molar-refractivity contribution in [3.63, 3.8) is 0 Å². The van der Waals surface area contributed by atoms with Crippen LogP contribution in [-0.4, -0.2) is 53.1 Å². The molecule has 2 aromatic carbocycles. The molecule has 3 aliphatic heterocycles. The maximum absolute atomic E-state index is 13.6. The summed E-state index contributed by atoms with van der Waals surface area (Å²) in [5, 5.41) is 8.39. The molecule has 0 bridgehead atoms. The van der Waals surface area contributed by atoms with E-state index < -0.39 is 0 Å². The second-order valence-electron chi connectivity index (χ2n) is 9.00. The van der Waals surface area contributed by atoms with Gasteiger partial charge in [0.1, 0.15) is 6.17 Å². The first-order chi connectivity index (χ1) is 16.7. The van der Waals surface area contributed by atoms with Crippen LogP contribution in [0.4, 0.5) is 5.69 Å². The average Bonchev–Trinajstić information content (AvgIpc) is 3.44. The summed E-state index contributed by atoms with van der Waals surface area (Å²) in [5.74, 6) is 1.47. The monoisotopic (exact) mass is 460 g/mol. The number of carbonyl (C=O) groups excluding carboxylic acids is 1. The van der Waals surface area contributed by atoms with Crippen LogP contribution in [0.2, 0.25) is 0 Å². The number of aryl methyl sites for hydroxylation is 1. The van der Waals surface area contributed by atoms with Crippen molar-refractivity contribution < 1.29 is 19.0 Å². The number of ether oxygens (including phenoxy) is 3. The standard InChI is InChI=1S/C26H28N4O4/c1-29-16-20(24(28-29)17-9-10-22-23(14-17)34-13-5-12-33-22)25-27-21-8-3-2-7-19(21)26(31)30(25)15-18-6-4-11-32-18/h2-3,7-10,14,16,18,25,27H,4-6,11-13,15H2,1H3/t18-,25-/m1/s1. The van der Waals surface area contributed by atoms with Crippen LogP contribution < -0.4 is 14.8 Å². The van der Waals surface area contributed by atoms with Crippen LogP contribution in [0, 0.1) is 0 Å². The maximum atomic E-state index is 13.6. The number of benzene rings is 2. The van der Waals surface area contributed by atoms with Gasteiger partial charge in [0.2, 0.25) is 0 Å². The minimum Gasteiger partial charge on any atom is -0.490 e. The molecule has 1 amide bonds. The number of hydrogen-bond donors (Lipinski definition) is 1. The zero-order valence-corrected chi connectivity index (χ0v) is 19.2. The molecule has 1 fully saturated rings. The van der Waals surface area contributed by atoms with Gasteiger partial charge in [0.25, 0.3) is 5.91 Å². The molecule has 0 unspecified atom stereocenters. The lowest BCUT2D eigenvalue weighted by Crippen LogP contribution is -2.46. The lowest BCUT2D eigenvalue weighted by molar-refractivity contribution is 0.0427. The number of aromatic nitrogens is 2. The number of nitrogens with zero attached hydrogens (tertiary/aromatic N) is 3. The molecule has 2 atom stereocenters. The average molecular weight is 461 g/mol. The summed E-state index contributed by atoms with van der Waals surface area (Å²) in [7, 11) is 1.90. The molecule has 3 aromatic rings. The number of fused-ring (bicyclic) bond motifs is 2. The first-order valence-electron chi connectivity index (χ1n) is 11.9. The minimum atomic E-state index is -0.369. The van der Waals surface area contributed by atoms with Crippen molar-refractivity contribution in [2.45, 2.75) is 31.5 Å². The number of hydrogen-bond acceptors (Lipinski definition) is 6. The fourth-order valence-corrected chi connectivity index (χ4v) is 4.98. The SMILES string of the molecule is Cn1cc([C@@H]2Nc3ccccc3C(=O)N2C[C@H]2CCCO2)c(-c2ccc3c(c2)OCCCO3)n1. The second-order valence-corrected chi connectivity index (χ2v) is 9.00. The van der Waals surface area contributed by atoms with Gasteiger partial charge in [0.15, 0.2) is 11.5 Å². The third-order valence-corrected chi connectivity index (χ3v) is 6.62. The zero-order valence-electron chi connectivity index (χ0n) is 19.2. The topological polar surface area (TPSA) is 77.9 Å². The van der Waals surface area contributed by atoms with E-state index in [1.165, 1.54) is 0 Å². The van der Waals surface area contributed by atoms with Crippen LogP contribution in [-0.2, 0) is 11.8 Å². The number of anilines is 1. The number of rotatable bonds is 4. The highest BCUT2D eigenvalue weighted by Gasteiger charge is 2.37. The molecule has 176 valence electrons. The van der Waals surface area contributed by atoms with E-state index in [4.69, 9.17) is 19.3 Å². The van der Waals surface area contributed by atoms with Gasteiger partial charge in [-0.1, -0.05) is 12.1 Å². The Kier molecular flexibility index (Phi) is 5.37. The van der Waals surface area contributed by atoms with Gasteiger partial charge in [-0.15, -0.1) is 0 Å². The Hall–Kier alpha value is -3.52. The summed E-state index contributed by atoms with van der Waals surface area (Å²) < 4.78 is 19.4. The molecular weight excluding hydrogens is 432 g/mol. The molecule has 1 saturated heterocycles. The second kappa shape index (κ2) is 8.68. The van der Waals surface area contributed by atoms with E-state index >= 15 is 0 Å². The van der Waals surface area contributed by atoms with Crippen LogP contribution in [0.25, 0.3) is 11.3 Å². The third kappa shape index (κ3) is 3.77. The van der Waals surface area contributed by atoms with Gasteiger partial charge in [-0.05, 0) is 43.2 Å². The van der Waals surface area contributed by atoms with Gasteiger partial charge in [-0.25, -0.2) is 0 Å². The van der Waals surface area contributed by atoms with Gasteiger partial charge < -0.3 is 24.4 Å². The first kappa shape index (κ1) is 21.0. The predicted octanol–water partition coefficient (Wildman–Crippen LogP) is 3.99. The molecule has 3 aliphatic rings. The molecule has 0 aliphatic carbocycles. The van der Waals surface area contributed by atoms with E-state index in [1.807, 2.05) is 60.6 Å². The van der Waals surface area contributed by atoms with E-state index in [-0.39, 0.29) is 18.2 Å². The van der Waals surface area contributed by atoms with Gasteiger partial charge in [0.05, 0.1) is 30.6 Å². The van der Waals surface area contributed by atoms with E-state index in [1.54, 1.807) is 4.68 Å². The zero-order chi connectivity index (χ0) is 23.1. The fraction of sp³-hybridized carbons (Fsp3) is 0.385. The predicted molar refractivity (Wildman–Crippen MR) is 127 cm³/mol. The summed E-state index contributed by atoms with van der Waals surface area (Å²) in [4.78, 5) is 15.5. The van der Waals surface area contributed by atoms with Crippen LogP contribution in [0.5, 0.6) is 11.5 Å². The molecule has 0 radical (unpaired) electrons. The first-order valence-corrected chi connectivity index (χ1v) is 11.9. The van der Waals surface area contributed by atoms with E-state index in [0.717, 1.165) is 59.9 Å². The van der Waals surface area contributed by atoms with Gasteiger partial charge >= 0.3 is 0 Å². The van der Waals surface area contributed by atoms with Crippen molar-refractivity contribution in [2.75, 3.05) is 31.7 Å². The maximum Gasteiger partial charge on any atom is 0.257 e. The van der Waals surface area contributed by atoms with E-state index in [9.17, 15) is 4.79 Å². The summed E-state index contributed by atoms with van der Waals surface area (Å²) >= 11 is 0. The molecule has 0 saturated carbocycles. The Morgan fingerprint density at radius 1 is 1.06 bits per heavy atom. The van der Waals surface area contributed by atoms with Gasteiger partial charge in [-0.3, -0.25) is 9.48 Å². The Labute approximate surface area is 198 Å². The Balaban J connectivity index is 1.42. The highest BCUT2D eigenvalue weighted by Crippen LogP contribution is 2.40.